The van der Waals surface area contributed by atoms with Crippen LogP contribution in [0.5, 0.6) is 5.75 Å². The number of aliphatic imine (C=N–C) groups is 1. The topological polar surface area (TPSA) is 77.7 Å². The van der Waals surface area contributed by atoms with Crippen LogP contribution in [0.4, 0.5) is 0 Å². The molecule has 0 aliphatic carbocycles. The zero-order valence-corrected chi connectivity index (χ0v) is 20.4. The van der Waals surface area contributed by atoms with Gasteiger partial charge in [0.25, 0.3) is 5.56 Å². The molecule has 0 saturated heterocycles. The lowest BCUT2D eigenvalue weighted by atomic mass is 9.91. The van der Waals surface area contributed by atoms with E-state index in [1.54, 1.807) is 31.7 Å². The number of nitrogens with zero attached hydrogens (tertiary/aromatic N) is 2. The molecule has 0 fully saturated rings. The van der Waals surface area contributed by atoms with Crippen LogP contribution in [0.25, 0.3) is 11.1 Å². The van der Waals surface area contributed by atoms with Crippen molar-refractivity contribution in [2.24, 2.45) is 12.0 Å². The van der Waals surface area contributed by atoms with E-state index < -0.39 is 9.84 Å². The molecule has 0 N–H and O–H groups in total. The van der Waals surface area contributed by atoms with Gasteiger partial charge in [-0.3, -0.25) is 9.79 Å². The number of sulfone groups is 1. The lowest BCUT2D eigenvalue weighted by molar-refractivity contribution is 0.411. The average molecular weight is 465 g/mol. The summed E-state index contributed by atoms with van der Waals surface area (Å²) in [4.78, 5) is 17.5. The Labute approximate surface area is 194 Å². The van der Waals surface area contributed by atoms with Gasteiger partial charge in [-0.25, -0.2) is 8.42 Å². The van der Waals surface area contributed by atoms with Gasteiger partial charge >= 0.3 is 0 Å². The van der Waals surface area contributed by atoms with Gasteiger partial charge in [-0.15, -0.1) is 0 Å². The van der Waals surface area contributed by atoms with Crippen LogP contribution in [-0.4, -0.2) is 31.6 Å². The number of fused-ring (bicyclic) bond motifs is 3. The van der Waals surface area contributed by atoms with Crippen molar-refractivity contribution in [3.05, 3.63) is 86.8 Å². The summed E-state index contributed by atoms with van der Waals surface area (Å²) in [6, 6.07) is 13.1. The molecule has 172 valence electrons. The Bertz CT molecular complexity index is 1440. The maximum Gasteiger partial charge on any atom is 0.250 e. The van der Waals surface area contributed by atoms with E-state index in [1.165, 1.54) is 0 Å². The Morgan fingerprint density at radius 1 is 1.06 bits per heavy atom. The lowest BCUT2D eigenvalue weighted by Gasteiger charge is -2.15. The molecule has 0 saturated carbocycles. The quantitative estimate of drug-likeness (QED) is 0.567. The van der Waals surface area contributed by atoms with Crippen LogP contribution in [0.2, 0.25) is 0 Å². The van der Waals surface area contributed by atoms with E-state index in [-0.39, 0.29) is 23.1 Å². The highest BCUT2D eigenvalue weighted by molar-refractivity contribution is 7.90. The standard InChI is InChI=1S/C26H28N2O4S/c1-6-33(30,31)15-18-8-10-20-22(11-18)23-14-28(4)25(29)13-21(23)17(3)27-26(20)19-9-7-16(2)24(12-19)32-5/h7-14,17H,6,15H2,1-5H3/t17-/m0/s1. The van der Waals surface area contributed by atoms with Crippen molar-refractivity contribution in [3.8, 4) is 16.9 Å². The Hall–Kier alpha value is -3.19. The smallest absolute Gasteiger partial charge is 0.250 e. The first kappa shape index (κ1) is 23.0. The number of methoxy groups -OCH3 is 1. The molecule has 1 atom stereocenters. The molecule has 7 heteroatoms. The van der Waals surface area contributed by atoms with E-state index in [0.29, 0.717) is 5.56 Å². The molecule has 1 aromatic heterocycles. The summed E-state index contributed by atoms with van der Waals surface area (Å²) in [5.41, 5.74) is 6.78. The van der Waals surface area contributed by atoms with Gasteiger partial charge in [0, 0.05) is 41.8 Å². The zero-order valence-electron chi connectivity index (χ0n) is 19.5. The van der Waals surface area contributed by atoms with E-state index in [2.05, 4.69) is 0 Å². The maximum absolute atomic E-state index is 12.4. The normalized spacial score (nSPS) is 15.3. The number of pyridine rings is 1. The van der Waals surface area contributed by atoms with Crippen molar-refractivity contribution >= 4 is 15.5 Å². The molecule has 6 nitrogen and oxygen atoms in total. The fourth-order valence-electron chi connectivity index (χ4n) is 4.21. The Morgan fingerprint density at radius 2 is 1.82 bits per heavy atom. The van der Waals surface area contributed by atoms with Crippen LogP contribution < -0.4 is 10.3 Å². The molecule has 0 spiro atoms. The minimum absolute atomic E-state index is 0.0295. The Morgan fingerprint density at radius 3 is 2.52 bits per heavy atom. The fourth-order valence-corrected chi connectivity index (χ4v) is 5.10. The molecule has 1 aliphatic heterocycles. The summed E-state index contributed by atoms with van der Waals surface area (Å²) in [6.07, 6.45) is 1.82. The van der Waals surface area contributed by atoms with Gasteiger partial charge in [-0.2, -0.15) is 0 Å². The first-order valence-electron chi connectivity index (χ1n) is 10.9. The summed E-state index contributed by atoms with van der Waals surface area (Å²) in [6.45, 7) is 5.61. The highest BCUT2D eigenvalue weighted by Gasteiger charge is 2.25. The summed E-state index contributed by atoms with van der Waals surface area (Å²) in [5.74, 6) is 0.824. The third-order valence-electron chi connectivity index (χ3n) is 6.17. The zero-order chi connectivity index (χ0) is 23.9. The number of rotatable bonds is 5. The van der Waals surface area contributed by atoms with Crippen LogP contribution in [0.15, 0.2) is 58.4 Å². The Balaban J connectivity index is 2.00. The molecule has 0 bridgehead atoms. The molecule has 2 aromatic carbocycles. The van der Waals surface area contributed by atoms with Crippen molar-refractivity contribution in [2.45, 2.75) is 32.6 Å². The van der Waals surface area contributed by atoms with Gasteiger partial charge in [0.05, 0.1) is 24.6 Å². The summed E-state index contributed by atoms with van der Waals surface area (Å²) in [5, 5.41) is 0. The van der Waals surface area contributed by atoms with E-state index >= 15 is 0 Å². The first-order valence-corrected chi connectivity index (χ1v) is 12.7. The molecule has 0 amide bonds. The third-order valence-corrected chi connectivity index (χ3v) is 7.82. The van der Waals surface area contributed by atoms with Gasteiger partial charge < -0.3 is 9.30 Å². The second-order valence-corrected chi connectivity index (χ2v) is 10.8. The van der Waals surface area contributed by atoms with E-state index in [1.807, 2.05) is 56.4 Å². The number of benzene rings is 2. The third kappa shape index (κ3) is 4.37. The number of aromatic nitrogens is 1. The van der Waals surface area contributed by atoms with Gasteiger partial charge in [-0.05, 0) is 48.2 Å². The molecule has 4 rings (SSSR count). The predicted octanol–water partition coefficient (Wildman–Crippen LogP) is 4.22. The molecule has 2 heterocycles. The highest BCUT2D eigenvalue weighted by Crippen LogP contribution is 2.38. The van der Waals surface area contributed by atoms with Crippen molar-refractivity contribution in [2.75, 3.05) is 12.9 Å². The highest BCUT2D eigenvalue weighted by atomic mass is 32.2. The number of hydrogen-bond donors (Lipinski definition) is 0. The SMILES string of the molecule is CCS(=O)(=O)Cc1ccc2c(c1)-c1cn(C)c(=O)cc1[C@H](C)N=C2c1ccc(C)c(OC)c1. The second-order valence-electron chi connectivity index (χ2n) is 8.49. The van der Waals surface area contributed by atoms with Crippen molar-refractivity contribution in [1.29, 1.82) is 0 Å². The molecule has 0 radical (unpaired) electrons. The summed E-state index contributed by atoms with van der Waals surface area (Å²) in [7, 11) is 0.168. The molecule has 33 heavy (non-hydrogen) atoms. The van der Waals surface area contributed by atoms with E-state index in [0.717, 1.165) is 44.8 Å². The number of aryl methyl sites for hydroxylation is 2. The minimum Gasteiger partial charge on any atom is -0.496 e. The average Bonchev–Trinajstić information content (AvgIpc) is 2.89. The summed E-state index contributed by atoms with van der Waals surface area (Å²) < 4.78 is 31.7. The molecule has 0 unspecified atom stereocenters. The van der Waals surface area contributed by atoms with Crippen molar-refractivity contribution in [3.63, 3.8) is 0 Å². The van der Waals surface area contributed by atoms with Crippen molar-refractivity contribution in [1.82, 2.24) is 4.57 Å². The minimum atomic E-state index is -3.19. The lowest BCUT2D eigenvalue weighted by Crippen LogP contribution is -2.17. The van der Waals surface area contributed by atoms with Gasteiger partial charge in [0.1, 0.15) is 5.75 Å². The fraction of sp³-hybridized carbons (Fsp3) is 0.308. The summed E-state index contributed by atoms with van der Waals surface area (Å²) >= 11 is 0. The van der Waals surface area contributed by atoms with Crippen molar-refractivity contribution < 1.29 is 13.2 Å². The van der Waals surface area contributed by atoms with Gasteiger partial charge in [0.15, 0.2) is 9.84 Å². The second kappa shape index (κ2) is 8.63. The molecule has 3 aromatic rings. The van der Waals surface area contributed by atoms with Crippen LogP contribution in [0.3, 0.4) is 0 Å². The van der Waals surface area contributed by atoms with E-state index in [4.69, 9.17) is 9.73 Å². The maximum atomic E-state index is 12.4. The molecule has 1 aliphatic rings. The predicted molar refractivity (Wildman–Crippen MR) is 132 cm³/mol. The molecular weight excluding hydrogens is 436 g/mol. The largest absolute Gasteiger partial charge is 0.496 e. The first-order chi connectivity index (χ1) is 15.6. The Kier molecular flexibility index (Phi) is 6.01. The monoisotopic (exact) mass is 464 g/mol. The van der Waals surface area contributed by atoms with Crippen LogP contribution in [-0.2, 0) is 22.6 Å². The van der Waals surface area contributed by atoms with Gasteiger partial charge in [0.2, 0.25) is 0 Å². The van der Waals surface area contributed by atoms with Crippen LogP contribution in [0.1, 0.15) is 47.7 Å². The number of hydrogen-bond acceptors (Lipinski definition) is 5. The van der Waals surface area contributed by atoms with Crippen LogP contribution >= 0.6 is 0 Å². The van der Waals surface area contributed by atoms with Crippen LogP contribution in [0, 0.1) is 6.92 Å². The van der Waals surface area contributed by atoms with E-state index in [9.17, 15) is 13.2 Å². The van der Waals surface area contributed by atoms with Gasteiger partial charge in [-0.1, -0.05) is 31.2 Å². The number of ether oxygens (including phenoxy) is 1. The molecular formula is C26H28N2O4S.